The highest BCUT2D eigenvalue weighted by molar-refractivity contribution is 8.03. The maximum Gasteiger partial charge on any atom is 0.512 e. The van der Waals surface area contributed by atoms with Gasteiger partial charge in [-0.05, 0) is 42.5 Å². The third-order valence-electron chi connectivity index (χ3n) is 4.74. The van der Waals surface area contributed by atoms with Gasteiger partial charge < -0.3 is 4.18 Å². The first-order valence-corrected chi connectivity index (χ1v) is 14.0. The fourth-order valence-electron chi connectivity index (χ4n) is 3.31. The third-order valence-corrected chi connectivity index (χ3v) is 9.72. The Kier molecular flexibility index (Phi) is 6.82. The molecule has 0 aliphatic heterocycles. The lowest BCUT2D eigenvalue weighted by Crippen LogP contribution is -2.42. The fourth-order valence-corrected chi connectivity index (χ4v) is 7.53. The van der Waals surface area contributed by atoms with Gasteiger partial charge in [0, 0.05) is 10.8 Å². The van der Waals surface area contributed by atoms with E-state index in [2.05, 4.69) is 0 Å². The summed E-state index contributed by atoms with van der Waals surface area (Å²) in [6.07, 6.45) is 0. The maximum atomic E-state index is 12.7. The fraction of sp³-hybridized carbons (Fsp3) is 0.0435. The molecule has 0 amide bonds. The van der Waals surface area contributed by atoms with E-state index in [1.54, 1.807) is 30.3 Å². The lowest BCUT2D eigenvalue weighted by atomic mass is 10.1. The second-order valence-electron chi connectivity index (χ2n) is 7.11. The van der Waals surface area contributed by atoms with Crippen LogP contribution in [0.15, 0.2) is 112 Å². The van der Waals surface area contributed by atoms with Gasteiger partial charge in [-0.25, -0.2) is 8.42 Å². The van der Waals surface area contributed by atoms with Crippen molar-refractivity contribution in [3.63, 3.8) is 0 Å². The molecular formula is C23H17F3NO5S3+. The molecule has 4 aromatic rings. The minimum Gasteiger partial charge on any atom is -0.370 e. The Morgan fingerprint density at radius 1 is 0.657 bits per heavy atom. The van der Waals surface area contributed by atoms with Crippen LogP contribution in [0.1, 0.15) is 0 Å². The molecule has 0 saturated heterocycles. The molecule has 4 aromatic carbocycles. The van der Waals surface area contributed by atoms with Gasteiger partial charge in [0.2, 0.25) is 0 Å². The SMILES string of the molecule is O=S(=O)(NS(=O)(=O)C(F)(F)F)Oc1ccc([S+](c2ccccc2)c2ccccc2)c2ccccc12. The van der Waals surface area contributed by atoms with Crippen LogP contribution in [0.3, 0.4) is 0 Å². The zero-order valence-electron chi connectivity index (χ0n) is 17.6. The number of hydrogen-bond donors (Lipinski definition) is 1. The third kappa shape index (κ3) is 5.45. The summed E-state index contributed by atoms with van der Waals surface area (Å²) in [5.41, 5.74) is -5.82. The van der Waals surface area contributed by atoms with E-state index in [0.717, 1.165) is 14.7 Å². The molecule has 0 atom stereocenters. The standard InChI is InChI=1S/C23H17F3NO5S3/c24-23(25,26)34(28,29)27-35(30,31)32-21-15-16-22(20-14-8-7-13-19(20)21)33(17-9-3-1-4-10-17)18-11-5-2-6-12-18/h1-16,27H/q+1. The molecule has 1 N–H and O–H groups in total. The number of hydrogen-bond acceptors (Lipinski definition) is 5. The summed E-state index contributed by atoms with van der Waals surface area (Å²) in [7, 11) is -12.2. The van der Waals surface area contributed by atoms with Crippen LogP contribution in [0.25, 0.3) is 10.8 Å². The first kappa shape index (κ1) is 25.0. The monoisotopic (exact) mass is 540 g/mol. The Balaban J connectivity index is 1.82. The Labute approximate surface area is 203 Å². The van der Waals surface area contributed by atoms with E-state index in [0.29, 0.717) is 9.51 Å². The quantitative estimate of drug-likeness (QED) is 0.334. The molecular weight excluding hydrogens is 523 g/mol. The Hall–Kier alpha value is -3.06. The molecule has 0 unspecified atom stereocenters. The second-order valence-corrected chi connectivity index (χ2v) is 12.3. The topological polar surface area (TPSA) is 89.5 Å². The van der Waals surface area contributed by atoms with Crippen molar-refractivity contribution in [2.45, 2.75) is 20.2 Å². The van der Waals surface area contributed by atoms with Crippen molar-refractivity contribution in [1.29, 1.82) is 0 Å². The molecule has 6 nitrogen and oxygen atoms in total. The molecule has 4 rings (SSSR count). The average molecular weight is 541 g/mol. The summed E-state index contributed by atoms with van der Waals surface area (Å²) in [6, 6.07) is 28.8. The van der Waals surface area contributed by atoms with Crippen LogP contribution in [-0.2, 0) is 31.2 Å². The van der Waals surface area contributed by atoms with Crippen molar-refractivity contribution in [3.8, 4) is 5.75 Å². The molecule has 35 heavy (non-hydrogen) atoms. The minimum absolute atomic E-state index is 0.282. The average Bonchev–Trinajstić information content (AvgIpc) is 2.80. The normalized spacial score (nSPS) is 12.7. The van der Waals surface area contributed by atoms with Crippen LogP contribution < -0.4 is 8.31 Å². The number of sulfonamides is 1. The summed E-state index contributed by atoms with van der Waals surface area (Å²) >= 11 is 0. The lowest BCUT2D eigenvalue weighted by molar-refractivity contribution is -0.0442. The number of fused-ring (bicyclic) bond motifs is 1. The first-order valence-electron chi connectivity index (χ1n) is 9.89. The Morgan fingerprint density at radius 3 is 1.66 bits per heavy atom. The number of halogens is 3. The van der Waals surface area contributed by atoms with Crippen LogP contribution in [0.5, 0.6) is 5.75 Å². The van der Waals surface area contributed by atoms with Crippen LogP contribution in [-0.4, -0.2) is 22.3 Å². The zero-order valence-corrected chi connectivity index (χ0v) is 20.1. The van der Waals surface area contributed by atoms with Gasteiger partial charge in [0.1, 0.15) is 0 Å². The number of rotatable bonds is 7. The second kappa shape index (κ2) is 9.53. The lowest BCUT2D eigenvalue weighted by Gasteiger charge is -2.14. The van der Waals surface area contributed by atoms with Crippen molar-refractivity contribution in [2.24, 2.45) is 0 Å². The van der Waals surface area contributed by atoms with E-state index in [1.165, 1.54) is 6.07 Å². The molecule has 0 heterocycles. The molecule has 0 aliphatic rings. The summed E-state index contributed by atoms with van der Waals surface area (Å²) in [6.45, 7) is 0. The van der Waals surface area contributed by atoms with E-state index in [1.807, 2.05) is 60.7 Å². The van der Waals surface area contributed by atoms with Gasteiger partial charge in [-0.1, -0.05) is 58.7 Å². The van der Waals surface area contributed by atoms with Crippen LogP contribution >= 0.6 is 0 Å². The molecule has 12 heteroatoms. The predicted molar refractivity (Wildman–Crippen MR) is 127 cm³/mol. The summed E-state index contributed by atoms with van der Waals surface area (Å²) in [4.78, 5) is 2.80. The largest absolute Gasteiger partial charge is 0.512 e. The molecule has 0 bridgehead atoms. The van der Waals surface area contributed by atoms with Gasteiger partial charge in [-0.3, -0.25) is 0 Å². The number of benzene rings is 4. The van der Waals surface area contributed by atoms with Crippen LogP contribution in [0, 0.1) is 0 Å². The van der Waals surface area contributed by atoms with Gasteiger partial charge in [0.05, 0.1) is 10.9 Å². The Bertz CT molecular complexity index is 1520. The molecule has 0 aliphatic carbocycles. The first-order chi connectivity index (χ1) is 16.5. The maximum absolute atomic E-state index is 12.7. The van der Waals surface area contributed by atoms with Crippen LogP contribution in [0.4, 0.5) is 13.2 Å². The zero-order chi connectivity index (χ0) is 25.3. The van der Waals surface area contributed by atoms with E-state index in [9.17, 15) is 30.0 Å². The highest BCUT2D eigenvalue weighted by atomic mass is 32.3. The van der Waals surface area contributed by atoms with E-state index < -0.39 is 36.7 Å². The molecule has 182 valence electrons. The van der Waals surface area contributed by atoms with Crippen molar-refractivity contribution >= 4 is 42.0 Å². The molecule has 0 fully saturated rings. The van der Waals surface area contributed by atoms with Crippen molar-refractivity contribution in [3.05, 3.63) is 97.1 Å². The van der Waals surface area contributed by atoms with Gasteiger partial charge in [-0.2, -0.15) is 21.6 Å². The summed E-state index contributed by atoms with van der Waals surface area (Å²) < 4.78 is 90.2. The summed E-state index contributed by atoms with van der Waals surface area (Å²) in [5, 5.41) is 0.874. The van der Waals surface area contributed by atoms with E-state index in [4.69, 9.17) is 4.18 Å². The van der Waals surface area contributed by atoms with E-state index >= 15 is 0 Å². The Morgan fingerprint density at radius 2 is 1.14 bits per heavy atom. The molecule has 0 spiro atoms. The highest BCUT2D eigenvalue weighted by Crippen LogP contribution is 2.39. The predicted octanol–water partition coefficient (Wildman–Crippen LogP) is 5.00. The molecule has 0 aromatic heterocycles. The molecule has 0 radical (unpaired) electrons. The van der Waals surface area contributed by atoms with Gasteiger partial charge in [-0.15, -0.1) is 0 Å². The van der Waals surface area contributed by atoms with Gasteiger partial charge in [0.25, 0.3) is 0 Å². The van der Waals surface area contributed by atoms with Crippen LogP contribution in [0.2, 0.25) is 0 Å². The molecule has 0 saturated carbocycles. The van der Waals surface area contributed by atoms with Crippen molar-refractivity contribution in [1.82, 2.24) is 4.13 Å². The van der Waals surface area contributed by atoms with Gasteiger partial charge in [0.15, 0.2) is 20.4 Å². The number of nitrogens with one attached hydrogen (secondary N) is 1. The van der Waals surface area contributed by atoms with Gasteiger partial charge >= 0.3 is 25.8 Å². The highest BCUT2D eigenvalue weighted by Gasteiger charge is 2.49. The smallest absolute Gasteiger partial charge is 0.370 e. The van der Waals surface area contributed by atoms with Crippen molar-refractivity contribution < 1.29 is 34.2 Å². The summed E-state index contributed by atoms with van der Waals surface area (Å²) in [5.74, 6) is -0.320. The van der Waals surface area contributed by atoms with Crippen molar-refractivity contribution in [2.75, 3.05) is 0 Å². The number of alkyl halides is 3. The van der Waals surface area contributed by atoms with E-state index in [-0.39, 0.29) is 11.1 Å². The minimum atomic E-state index is -6.18.